The van der Waals surface area contributed by atoms with Gasteiger partial charge >= 0.3 is 5.97 Å². The van der Waals surface area contributed by atoms with E-state index in [1.54, 1.807) is 35.2 Å². The Balaban J connectivity index is 1.41. The summed E-state index contributed by atoms with van der Waals surface area (Å²) in [5.74, 6) is -1.04. The molecule has 2 unspecified atom stereocenters. The lowest BCUT2D eigenvalue weighted by Crippen LogP contribution is -2.55. The predicted molar refractivity (Wildman–Crippen MR) is 180 cm³/mol. The summed E-state index contributed by atoms with van der Waals surface area (Å²) in [5.41, 5.74) is 3.96. The van der Waals surface area contributed by atoms with Crippen molar-refractivity contribution in [3.63, 3.8) is 0 Å². The van der Waals surface area contributed by atoms with Gasteiger partial charge in [0, 0.05) is 30.8 Å². The summed E-state index contributed by atoms with van der Waals surface area (Å²) in [7, 11) is -3.26. The molecule has 9 nitrogen and oxygen atoms in total. The number of benzene rings is 4. The van der Waals surface area contributed by atoms with Crippen LogP contribution in [0.5, 0.6) is 11.5 Å². The number of amides is 1. The fourth-order valence-corrected chi connectivity index (χ4v) is 6.49. The summed E-state index contributed by atoms with van der Waals surface area (Å²) >= 11 is 0. The van der Waals surface area contributed by atoms with Crippen molar-refractivity contribution in [2.45, 2.75) is 51.4 Å². The third-order valence-corrected chi connectivity index (χ3v) is 9.01. The van der Waals surface area contributed by atoms with Crippen molar-refractivity contribution in [1.82, 2.24) is 4.72 Å². The van der Waals surface area contributed by atoms with Crippen LogP contribution in [0.3, 0.4) is 0 Å². The van der Waals surface area contributed by atoms with Crippen molar-refractivity contribution in [3.05, 3.63) is 125 Å². The Bertz CT molecular complexity index is 1820. The van der Waals surface area contributed by atoms with Crippen molar-refractivity contribution < 1.29 is 37.0 Å². The van der Waals surface area contributed by atoms with Crippen LogP contribution in [0.15, 0.2) is 97.1 Å². The van der Waals surface area contributed by atoms with Gasteiger partial charge in [0.2, 0.25) is 15.9 Å². The normalized spacial score (nSPS) is 16.6. The molecule has 2 N–H and O–H groups in total. The molecule has 1 fully saturated rings. The second-order valence-corrected chi connectivity index (χ2v) is 13.8. The number of sulfonamides is 1. The molecule has 1 aliphatic heterocycles. The molecule has 3 atom stereocenters. The molecule has 1 heterocycles. The van der Waals surface area contributed by atoms with Gasteiger partial charge in [0.15, 0.2) is 0 Å². The van der Waals surface area contributed by atoms with Crippen LogP contribution in [0.25, 0.3) is 0 Å². The minimum absolute atomic E-state index is 0.0245. The van der Waals surface area contributed by atoms with E-state index in [1.165, 1.54) is 19.1 Å². The Morgan fingerprint density at radius 1 is 0.979 bits per heavy atom. The van der Waals surface area contributed by atoms with Crippen molar-refractivity contribution in [2.75, 3.05) is 17.7 Å². The smallest absolute Gasteiger partial charge is 0.303 e. The first-order chi connectivity index (χ1) is 23.0. The van der Waals surface area contributed by atoms with Crippen LogP contribution in [0.4, 0.5) is 10.1 Å². The summed E-state index contributed by atoms with van der Waals surface area (Å²) in [5, 5.41) is 10.4. The molecule has 48 heavy (non-hydrogen) atoms. The maximum Gasteiger partial charge on any atom is 0.303 e. The molecule has 1 saturated heterocycles. The average Bonchev–Trinajstić information content (AvgIpc) is 3.05. The molecule has 0 aliphatic carbocycles. The van der Waals surface area contributed by atoms with E-state index in [2.05, 4.69) is 4.72 Å². The molecule has 0 spiro atoms. The van der Waals surface area contributed by atoms with Gasteiger partial charge in [-0.1, -0.05) is 54.6 Å². The zero-order valence-electron chi connectivity index (χ0n) is 26.8. The molecule has 1 amide bonds. The van der Waals surface area contributed by atoms with Gasteiger partial charge in [-0.25, -0.2) is 17.5 Å². The Hall–Kier alpha value is -4.74. The molecule has 252 valence electrons. The van der Waals surface area contributed by atoms with E-state index in [0.29, 0.717) is 49.2 Å². The highest BCUT2D eigenvalue weighted by Gasteiger charge is 2.49. The molecule has 4 aromatic carbocycles. The number of rotatable bonds is 15. The van der Waals surface area contributed by atoms with Crippen LogP contribution < -0.4 is 14.4 Å². The SMILES string of the molecule is CC(=O)O[C@@H](CCC1C(=O)N(c2ccc(CCCNS(C)(=O)=O)cc2)C1c1ccc(O)cc1OCc1ccccc1)c1ccc(F)cc1. The number of aryl methyl sites for hydroxylation is 1. The number of halogens is 1. The van der Waals surface area contributed by atoms with Crippen molar-refractivity contribution in [3.8, 4) is 11.5 Å². The van der Waals surface area contributed by atoms with E-state index in [0.717, 1.165) is 22.9 Å². The van der Waals surface area contributed by atoms with Crippen LogP contribution >= 0.6 is 0 Å². The van der Waals surface area contributed by atoms with Crippen LogP contribution in [0.2, 0.25) is 0 Å². The number of phenolic OH excluding ortho intramolecular Hbond substituents is 1. The van der Waals surface area contributed by atoms with Crippen LogP contribution in [0.1, 0.15) is 60.6 Å². The van der Waals surface area contributed by atoms with Gasteiger partial charge in [-0.3, -0.25) is 9.59 Å². The lowest BCUT2D eigenvalue weighted by atomic mass is 9.77. The standard InChI is InChI=1S/C37H39FN2O7S/c1-25(41)47-34(28-12-14-29(38)15-13-28)21-20-33-36(32-19-18-31(42)23-35(32)46-24-27-7-4-3-5-8-27)40(37(33)43)30-16-10-26(11-17-30)9-6-22-39-48(2,44)45/h3-5,7-8,10-19,23,33-34,36,39,42H,6,9,20-22,24H2,1-2H3/t33?,34-,36?/m0/s1. The lowest BCUT2D eigenvalue weighted by Gasteiger charge is -2.48. The third kappa shape index (κ3) is 8.99. The number of β-lactam (4-membered cyclic amide) rings is 1. The topological polar surface area (TPSA) is 122 Å². The molecule has 1 aliphatic rings. The van der Waals surface area contributed by atoms with Gasteiger partial charge in [-0.05, 0) is 78.8 Å². The van der Waals surface area contributed by atoms with E-state index in [-0.39, 0.29) is 18.3 Å². The van der Waals surface area contributed by atoms with Crippen LogP contribution in [-0.2, 0) is 37.4 Å². The monoisotopic (exact) mass is 674 g/mol. The number of nitrogens with one attached hydrogen (secondary N) is 1. The molecule has 0 radical (unpaired) electrons. The fourth-order valence-electron chi connectivity index (χ4n) is 5.98. The largest absolute Gasteiger partial charge is 0.508 e. The summed E-state index contributed by atoms with van der Waals surface area (Å²) in [6, 6.07) is 27.4. The van der Waals surface area contributed by atoms with E-state index >= 15 is 0 Å². The number of nitrogens with zero attached hydrogens (tertiary/aromatic N) is 1. The second-order valence-electron chi connectivity index (χ2n) is 11.9. The predicted octanol–water partition coefficient (Wildman–Crippen LogP) is 6.38. The van der Waals surface area contributed by atoms with Crippen molar-refractivity contribution >= 4 is 27.6 Å². The molecular weight excluding hydrogens is 635 g/mol. The number of hydrogen-bond acceptors (Lipinski definition) is 7. The number of esters is 1. The molecule has 5 rings (SSSR count). The highest BCUT2D eigenvalue weighted by Crippen LogP contribution is 2.49. The Kier molecular flexibility index (Phi) is 11.1. The summed E-state index contributed by atoms with van der Waals surface area (Å²) < 4.78 is 50.7. The number of carbonyl (C=O) groups is 2. The second kappa shape index (κ2) is 15.4. The van der Waals surface area contributed by atoms with Crippen molar-refractivity contribution in [2.24, 2.45) is 5.92 Å². The van der Waals surface area contributed by atoms with Crippen LogP contribution in [-0.4, -0.2) is 38.2 Å². The minimum atomic E-state index is -3.26. The summed E-state index contributed by atoms with van der Waals surface area (Å²) in [6.45, 7) is 1.90. The highest BCUT2D eigenvalue weighted by molar-refractivity contribution is 7.88. The minimum Gasteiger partial charge on any atom is -0.508 e. The first-order valence-corrected chi connectivity index (χ1v) is 17.7. The number of carbonyl (C=O) groups excluding carboxylic acids is 2. The van der Waals surface area contributed by atoms with Gasteiger partial charge < -0.3 is 19.5 Å². The number of phenols is 1. The van der Waals surface area contributed by atoms with E-state index in [9.17, 15) is 27.5 Å². The highest BCUT2D eigenvalue weighted by atomic mass is 32.2. The lowest BCUT2D eigenvalue weighted by molar-refractivity contribution is -0.147. The van der Waals surface area contributed by atoms with E-state index in [1.807, 2.05) is 54.6 Å². The summed E-state index contributed by atoms with van der Waals surface area (Å²) in [6.07, 6.45) is 2.41. The van der Waals surface area contributed by atoms with Gasteiger partial charge in [-0.15, -0.1) is 0 Å². The number of anilines is 1. The maximum absolute atomic E-state index is 13.9. The molecule has 4 aromatic rings. The fraction of sp³-hybridized carbons (Fsp3) is 0.297. The number of hydrogen-bond donors (Lipinski definition) is 2. The van der Waals surface area contributed by atoms with E-state index in [4.69, 9.17) is 9.47 Å². The van der Waals surface area contributed by atoms with Crippen molar-refractivity contribution in [1.29, 1.82) is 0 Å². The average molecular weight is 675 g/mol. The zero-order chi connectivity index (χ0) is 34.3. The number of ether oxygens (including phenoxy) is 2. The van der Waals surface area contributed by atoms with Gasteiger partial charge in [-0.2, -0.15) is 0 Å². The third-order valence-electron chi connectivity index (χ3n) is 8.28. The Morgan fingerprint density at radius 3 is 2.35 bits per heavy atom. The van der Waals surface area contributed by atoms with Gasteiger partial charge in [0.1, 0.15) is 30.0 Å². The molecule has 11 heteroatoms. The van der Waals surface area contributed by atoms with Crippen LogP contribution in [0, 0.1) is 11.7 Å². The van der Waals surface area contributed by atoms with E-state index < -0.39 is 39.9 Å². The molecule has 0 bridgehead atoms. The molecular formula is C37H39FN2O7S. The maximum atomic E-state index is 13.9. The molecule has 0 saturated carbocycles. The quantitative estimate of drug-likeness (QED) is 0.0853. The Morgan fingerprint density at radius 2 is 1.69 bits per heavy atom. The van der Waals surface area contributed by atoms with Gasteiger partial charge in [0.25, 0.3) is 0 Å². The zero-order valence-corrected chi connectivity index (χ0v) is 27.7. The molecule has 0 aromatic heterocycles. The first kappa shape index (κ1) is 34.6. The van der Waals surface area contributed by atoms with Gasteiger partial charge in [0.05, 0.1) is 18.2 Å². The summed E-state index contributed by atoms with van der Waals surface area (Å²) in [4.78, 5) is 27.6. The first-order valence-electron chi connectivity index (χ1n) is 15.8. The number of aromatic hydroxyl groups is 1. The Labute approximate surface area is 280 Å².